The van der Waals surface area contributed by atoms with Crippen LogP contribution in [0.3, 0.4) is 0 Å². The molecule has 3 heterocycles. The molecule has 0 aliphatic carbocycles. The van der Waals surface area contributed by atoms with Crippen molar-refractivity contribution in [3.63, 3.8) is 0 Å². The van der Waals surface area contributed by atoms with Crippen LogP contribution in [0.5, 0.6) is 0 Å². The molecule has 39 heavy (non-hydrogen) atoms. The van der Waals surface area contributed by atoms with Crippen LogP contribution in [0, 0.1) is 0 Å². The minimum Gasteiger partial charge on any atom is -0.405 e. The summed E-state index contributed by atoms with van der Waals surface area (Å²) in [4.78, 5) is 2.38. The highest BCUT2D eigenvalue weighted by Gasteiger charge is 2.36. The minimum atomic E-state index is -4.52. The number of alkyl halides is 6. The first-order valence-electron chi connectivity index (χ1n) is 12.9. The molecule has 0 saturated carbocycles. The Morgan fingerprint density at radius 3 is 2.49 bits per heavy atom. The van der Waals surface area contributed by atoms with Crippen molar-refractivity contribution >= 4 is 5.69 Å². The van der Waals surface area contributed by atoms with Gasteiger partial charge in [0.05, 0.1) is 5.56 Å². The quantitative estimate of drug-likeness (QED) is 0.249. The van der Waals surface area contributed by atoms with E-state index in [0.29, 0.717) is 29.7 Å². The number of dihydropyridines is 1. The maximum absolute atomic E-state index is 13.6. The number of halogens is 6. The van der Waals surface area contributed by atoms with Gasteiger partial charge in [-0.2, -0.15) is 26.3 Å². The Bertz CT molecular complexity index is 1160. The Hall–Kier alpha value is -3.18. The molecule has 0 spiro atoms. The van der Waals surface area contributed by atoms with Gasteiger partial charge in [0.25, 0.3) is 0 Å². The third-order valence-corrected chi connectivity index (χ3v) is 7.18. The number of hydrogen-bond acceptors (Lipinski definition) is 5. The summed E-state index contributed by atoms with van der Waals surface area (Å²) < 4.78 is 79.8. The first-order chi connectivity index (χ1) is 18.4. The smallest absolute Gasteiger partial charge is 0.405 e. The highest BCUT2D eigenvalue weighted by atomic mass is 19.4. The molecule has 4 rings (SSSR count). The predicted molar refractivity (Wildman–Crippen MR) is 140 cm³/mol. The van der Waals surface area contributed by atoms with Gasteiger partial charge in [-0.25, -0.2) is 0 Å². The summed E-state index contributed by atoms with van der Waals surface area (Å²) in [6.45, 7) is 3.83. The fraction of sp³-hybridized carbons (Fsp3) is 0.429. The molecule has 212 valence electrons. The molecule has 5 N–H and O–H groups in total. The van der Waals surface area contributed by atoms with Crippen molar-refractivity contribution in [3.05, 3.63) is 88.9 Å². The van der Waals surface area contributed by atoms with Crippen LogP contribution in [0.25, 0.3) is 0 Å². The van der Waals surface area contributed by atoms with E-state index in [9.17, 15) is 26.3 Å². The maximum atomic E-state index is 13.6. The van der Waals surface area contributed by atoms with Crippen molar-refractivity contribution < 1.29 is 26.3 Å². The van der Waals surface area contributed by atoms with Crippen LogP contribution in [0.15, 0.2) is 83.4 Å². The van der Waals surface area contributed by atoms with E-state index in [0.717, 1.165) is 55.4 Å². The van der Waals surface area contributed by atoms with Crippen molar-refractivity contribution in [2.75, 3.05) is 18.4 Å². The second kappa shape index (κ2) is 11.9. The molecule has 1 aromatic rings. The average molecular weight is 554 g/mol. The van der Waals surface area contributed by atoms with Crippen molar-refractivity contribution in [1.29, 1.82) is 0 Å². The van der Waals surface area contributed by atoms with E-state index in [1.54, 1.807) is 12.2 Å². The van der Waals surface area contributed by atoms with Crippen LogP contribution in [-0.2, 0) is 6.18 Å². The summed E-state index contributed by atoms with van der Waals surface area (Å²) in [5.41, 5.74) is 6.05. The molecule has 3 unspecified atom stereocenters. The topological polar surface area (TPSA) is 65.3 Å². The lowest BCUT2D eigenvalue weighted by molar-refractivity contribution is -0.137. The number of nitrogens with two attached hydrogens (primary N) is 1. The Morgan fingerprint density at radius 2 is 1.85 bits per heavy atom. The molecule has 1 saturated heterocycles. The van der Waals surface area contributed by atoms with Crippen LogP contribution in [-0.4, -0.2) is 42.4 Å². The number of nitrogens with one attached hydrogen (secondary N) is 3. The van der Waals surface area contributed by atoms with Crippen molar-refractivity contribution in [3.8, 4) is 0 Å². The van der Waals surface area contributed by atoms with Gasteiger partial charge >= 0.3 is 12.4 Å². The van der Waals surface area contributed by atoms with Crippen LogP contribution in [0.4, 0.5) is 32.0 Å². The van der Waals surface area contributed by atoms with Crippen molar-refractivity contribution in [1.82, 2.24) is 15.5 Å². The zero-order chi connectivity index (χ0) is 28.2. The zero-order valence-corrected chi connectivity index (χ0v) is 21.5. The summed E-state index contributed by atoms with van der Waals surface area (Å²) in [6.07, 6.45) is 2.02. The highest BCUT2D eigenvalue weighted by Crippen LogP contribution is 2.34. The summed E-state index contributed by atoms with van der Waals surface area (Å²) in [5.74, 6) is 0. The van der Waals surface area contributed by atoms with Gasteiger partial charge in [-0.15, -0.1) is 0 Å². The molecule has 1 aromatic carbocycles. The van der Waals surface area contributed by atoms with Gasteiger partial charge in [-0.3, -0.25) is 10.2 Å². The number of piperidine rings is 1. The third kappa shape index (κ3) is 7.48. The number of rotatable bonds is 7. The summed E-state index contributed by atoms with van der Waals surface area (Å²) in [5, 5.41) is 9.91. The van der Waals surface area contributed by atoms with Gasteiger partial charge in [-0.05, 0) is 75.0 Å². The lowest BCUT2D eigenvalue weighted by Gasteiger charge is -2.41. The number of benzene rings is 1. The second-order valence-corrected chi connectivity index (χ2v) is 10.0. The van der Waals surface area contributed by atoms with E-state index < -0.39 is 29.7 Å². The molecule has 1 fully saturated rings. The van der Waals surface area contributed by atoms with E-state index in [1.807, 2.05) is 6.08 Å². The van der Waals surface area contributed by atoms with Crippen molar-refractivity contribution in [2.45, 2.75) is 63.2 Å². The van der Waals surface area contributed by atoms with E-state index in [4.69, 9.17) is 5.73 Å². The Balaban J connectivity index is 1.60. The molecule has 3 aliphatic rings. The Kier molecular flexibility index (Phi) is 8.80. The van der Waals surface area contributed by atoms with Crippen LogP contribution >= 0.6 is 0 Å². The SMILES string of the molecule is CC1CCCCN1CC1C=C(Nc2ccc(C(F)(F)F)cc2)C2=CC=C(C/C(=C\C=C/N)C(F)(F)F)NC2N1. The highest BCUT2D eigenvalue weighted by molar-refractivity contribution is 5.58. The number of anilines is 1. The molecule has 5 nitrogen and oxygen atoms in total. The molecule has 0 radical (unpaired) electrons. The molecule has 0 aromatic heterocycles. The first kappa shape index (κ1) is 28.8. The van der Waals surface area contributed by atoms with Crippen molar-refractivity contribution in [2.24, 2.45) is 5.73 Å². The van der Waals surface area contributed by atoms with Gasteiger partial charge in [-0.1, -0.05) is 18.6 Å². The largest absolute Gasteiger partial charge is 0.416 e. The normalized spacial score (nSPS) is 24.9. The zero-order valence-electron chi connectivity index (χ0n) is 21.5. The van der Waals surface area contributed by atoms with Gasteiger partial charge in [0, 0.05) is 53.3 Å². The number of allylic oxidation sites excluding steroid dienone is 5. The molecule has 0 bridgehead atoms. The van der Waals surface area contributed by atoms with Gasteiger partial charge < -0.3 is 16.4 Å². The van der Waals surface area contributed by atoms with Crippen LogP contribution in [0.1, 0.15) is 38.2 Å². The summed E-state index contributed by atoms with van der Waals surface area (Å²) in [7, 11) is 0. The predicted octanol–water partition coefficient (Wildman–Crippen LogP) is 5.94. The standard InChI is InChI=1S/C28H33F6N5/c1-18-5-2-3-14-39(18)17-23-16-25(36-21-9-7-19(8-10-21)27(29,30)31)24-12-11-22(37-26(24)38-23)15-20(6-4-13-35)28(32,33)34/h4,6-13,16,18,23,26,36-38H,2-3,5,14-15,17,35H2,1H3/b13-4-,20-6+. The average Bonchev–Trinajstić information content (AvgIpc) is 2.87. The van der Waals surface area contributed by atoms with E-state index in [2.05, 4.69) is 27.8 Å². The number of hydrogen-bond donors (Lipinski definition) is 4. The van der Waals surface area contributed by atoms with E-state index in [1.165, 1.54) is 18.6 Å². The molecule has 0 amide bonds. The number of fused-ring (bicyclic) bond motifs is 1. The van der Waals surface area contributed by atoms with E-state index >= 15 is 0 Å². The number of likely N-dealkylation sites (tertiary alicyclic amines) is 1. The minimum absolute atomic E-state index is 0.144. The first-order valence-corrected chi connectivity index (χ1v) is 12.9. The van der Waals surface area contributed by atoms with Crippen LogP contribution in [0.2, 0.25) is 0 Å². The van der Waals surface area contributed by atoms with Gasteiger partial charge in [0.1, 0.15) is 6.17 Å². The molecule has 11 heteroatoms. The Morgan fingerprint density at radius 1 is 1.10 bits per heavy atom. The second-order valence-electron chi connectivity index (χ2n) is 10.0. The van der Waals surface area contributed by atoms with Crippen LogP contribution < -0.4 is 21.7 Å². The lowest BCUT2D eigenvalue weighted by Crippen LogP contribution is -2.56. The van der Waals surface area contributed by atoms with Gasteiger partial charge in [0.15, 0.2) is 0 Å². The third-order valence-electron chi connectivity index (χ3n) is 7.18. The summed E-state index contributed by atoms with van der Waals surface area (Å²) >= 11 is 0. The number of nitrogens with zero attached hydrogens (tertiary/aromatic N) is 1. The molecule has 3 atom stereocenters. The Labute approximate surface area is 224 Å². The fourth-order valence-corrected chi connectivity index (χ4v) is 5.07. The monoisotopic (exact) mass is 553 g/mol. The molecular weight excluding hydrogens is 520 g/mol. The molecule has 3 aliphatic heterocycles. The van der Waals surface area contributed by atoms with E-state index in [-0.39, 0.29) is 12.5 Å². The summed E-state index contributed by atoms with van der Waals surface area (Å²) in [6, 6.07) is 5.02. The fourth-order valence-electron chi connectivity index (χ4n) is 5.07. The molecular formula is C28H33F6N5. The lowest BCUT2D eigenvalue weighted by atomic mass is 9.95. The maximum Gasteiger partial charge on any atom is 0.416 e. The van der Waals surface area contributed by atoms with Gasteiger partial charge in [0.2, 0.25) is 0 Å².